The Hall–Kier alpha value is -5.68. The predicted molar refractivity (Wildman–Crippen MR) is 529 cm³/mol. The van der Waals surface area contributed by atoms with Crippen LogP contribution in [0.1, 0.15) is 207 Å². The maximum Gasteiger partial charge on any atom is 1.00 e. The van der Waals surface area contributed by atoms with Gasteiger partial charge in [0.05, 0.1) is 81.9 Å². The van der Waals surface area contributed by atoms with Gasteiger partial charge in [0.1, 0.15) is 37.3 Å². The summed E-state index contributed by atoms with van der Waals surface area (Å²) >= 11 is 17.9. The minimum absolute atomic E-state index is 0. The molecule has 8 atom stereocenters. The topological polar surface area (TPSA) is 264 Å². The third-order valence-electron chi connectivity index (χ3n) is 21.5. The number of aliphatic carboxylic acids is 1. The van der Waals surface area contributed by atoms with Crippen LogP contribution in [-0.4, -0.2) is 231 Å². The second-order valence-electron chi connectivity index (χ2n) is 36.1. The molecule has 4 aliphatic rings. The van der Waals surface area contributed by atoms with Crippen molar-refractivity contribution in [1.29, 1.82) is 0 Å². The summed E-state index contributed by atoms with van der Waals surface area (Å²) in [5, 5.41) is 12.9. The quantitative estimate of drug-likeness (QED) is 0.0283. The molecule has 38 heteroatoms. The Bertz CT molecular complexity index is 5420. The van der Waals surface area contributed by atoms with Crippen LogP contribution in [0.15, 0.2) is 128 Å². The number of nitrogens with two attached hydrogens (primary N) is 1. The van der Waals surface area contributed by atoms with Gasteiger partial charge in [-0.1, -0.05) is 76.9 Å². The number of hydrogen-bond acceptors (Lipinski definition) is 26. The second-order valence-corrected chi connectivity index (χ2v) is 44.2. The SMILES string of the molecule is CC(C(=O)O)N(C)C.CC(c1nc2cc(B3OC(C)(C)C(C)(C)O3)ccc2s1)N(C)C.CC(c1nc2cc(Br)ccc2s1)N(C)C.CC(c1nc2cc(C3=CC[C@H](C)CN3C(=O)OC(C)(C)C)ccc2s1)N(C)C.CC(c1nc2cc(C3=NC[C@@H](C)CC3)ccc2s1)N(C)C.C[C@H]1CC=C(OS(=O)(=O)C(F)(F)F)N(C(=O)OC(C)(C)C)C1.Nc1cc(Br)ccc1S.[B].[H-].[Na+]. The van der Waals surface area contributed by atoms with Crippen LogP contribution in [0.25, 0.3) is 46.6 Å². The number of allylic oxidation sites excluding steroid dienone is 2. The van der Waals surface area contributed by atoms with Crippen molar-refractivity contribution in [3.63, 3.8) is 0 Å². The van der Waals surface area contributed by atoms with Crippen molar-refractivity contribution in [2.45, 2.75) is 213 Å². The van der Waals surface area contributed by atoms with Gasteiger partial charge in [-0.3, -0.25) is 19.6 Å². The molecule has 697 valence electrons. The zero-order valence-corrected chi connectivity index (χ0v) is 89.5. The molecule has 3 N–H and O–H groups in total. The number of carbonyl (C=O) groups excluding carboxylic acids is 2. The molecule has 1 saturated heterocycles. The molecule has 1 fully saturated rings. The summed E-state index contributed by atoms with van der Waals surface area (Å²) in [5.74, 6) is -0.413. The molecule has 0 aliphatic carbocycles. The summed E-state index contributed by atoms with van der Waals surface area (Å²) in [6.45, 7) is 36.9. The average molecular weight is 2020 g/mol. The third kappa shape index (κ3) is 32.3. The molecule has 5 unspecified atom stereocenters. The molecule has 4 aromatic heterocycles. The van der Waals surface area contributed by atoms with E-state index in [4.69, 9.17) is 49.6 Å². The zero-order chi connectivity index (χ0) is 94.5. The minimum Gasteiger partial charge on any atom is -1.00 e. The number of aromatic nitrogens is 4. The maximum atomic E-state index is 12.8. The van der Waals surface area contributed by atoms with Gasteiger partial charge >= 0.3 is 70.5 Å². The number of fused-ring (bicyclic) bond motifs is 4. The Morgan fingerprint density at radius 2 is 0.969 bits per heavy atom. The van der Waals surface area contributed by atoms with E-state index in [2.05, 4.69) is 278 Å². The molecule has 128 heavy (non-hydrogen) atoms. The van der Waals surface area contributed by atoms with Crippen molar-refractivity contribution in [3.8, 4) is 0 Å². The average Bonchev–Trinajstić information content (AvgIpc) is 1.60. The summed E-state index contributed by atoms with van der Waals surface area (Å²) in [7, 11) is 13.9. The number of benzene rings is 5. The number of hydrogen-bond donors (Lipinski definition) is 3. The Morgan fingerprint density at radius 1 is 0.586 bits per heavy atom. The summed E-state index contributed by atoms with van der Waals surface area (Å²) in [4.78, 5) is 72.5. The number of anilines is 1. The number of thiazole rings is 4. The maximum absolute atomic E-state index is 12.8. The molecule has 0 bridgehead atoms. The van der Waals surface area contributed by atoms with Gasteiger partial charge in [-0.2, -0.15) is 21.6 Å². The van der Waals surface area contributed by atoms with Crippen molar-refractivity contribution in [2.75, 3.05) is 95.8 Å². The van der Waals surface area contributed by atoms with Gasteiger partial charge < -0.3 is 54.8 Å². The van der Waals surface area contributed by atoms with Crippen LogP contribution < -0.4 is 40.8 Å². The van der Waals surface area contributed by atoms with Crippen LogP contribution in [0.2, 0.25) is 0 Å². The van der Waals surface area contributed by atoms with E-state index in [1.807, 2.05) is 39.0 Å². The number of ether oxygens (including phenoxy) is 2. The zero-order valence-electron chi connectivity index (χ0n) is 80.4. The number of alkyl halides is 3. The molecule has 2 amide bonds. The number of rotatable bonds is 15. The molecule has 24 nitrogen and oxygen atoms in total. The normalized spacial score (nSPS) is 18.1. The first-order valence-corrected chi connectivity index (χ1v) is 48.3. The van der Waals surface area contributed by atoms with Crippen molar-refractivity contribution in [1.82, 2.24) is 54.2 Å². The van der Waals surface area contributed by atoms with Gasteiger partial charge in [0.2, 0.25) is 5.88 Å². The second kappa shape index (κ2) is 48.0. The number of likely N-dealkylation sites (N-methyl/N-ethyl adjacent to an activating group) is 1. The Morgan fingerprint density at radius 3 is 1.36 bits per heavy atom. The van der Waals surface area contributed by atoms with Gasteiger partial charge in [-0.15, -0.1) is 58.0 Å². The third-order valence-corrected chi connectivity index (χ3v) is 28.7. The van der Waals surface area contributed by atoms with Crippen molar-refractivity contribution in [3.05, 3.63) is 149 Å². The summed E-state index contributed by atoms with van der Waals surface area (Å²) < 4.78 is 93.4. The number of aliphatic imine (C=N–C) groups is 1. The minimum atomic E-state index is -5.84. The molecule has 9 aromatic rings. The molecule has 3 radical (unpaired) electrons. The van der Waals surface area contributed by atoms with Gasteiger partial charge in [-0.05, 0) is 308 Å². The Balaban J connectivity index is 0.000000323. The van der Waals surface area contributed by atoms with E-state index in [-0.39, 0.29) is 94.8 Å². The monoisotopic (exact) mass is 2020 g/mol. The van der Waals surface area contributed by atoms with E-state index < -0.39 is 44.8 Å². The molecule has 13 rings (SSSR count). The molecule has 5 aromatic carbocycles. The van der Waals surface area contributed by atoms with Crippen LogP contribution in [-0.2, 0) is 37.9 Å². The fourth-order valence-electron chi connectivity index (χ4n) is 11.9. The number of nitrogen functional groups attached to an aromatic ring is 1. The number of halogens is 5. The molecular formula is C90H128B2Br2F3N13NaO11S6. The van der Waals surface area contributed by atoms with Crippen LogP contribution in [0.3, 0.4) is 0 Å². The molecular weight excluding hydrogens is 1890 g/mol. The molecule has 0 saturated carbocycles. The molecule has 8 heterocycles. The largest absolute Gasteiger partial charge is 1.00 e. The standard InChI is InChI=1S/C22H31N3O2S.C17H25BN2O2S.C17H23N3S.C12H18F3NO5S.C11H13BrN2S.C6H6BrNS.C5H11NO2.B.Na.H/c1-14-8-10-18(25(13-14)21(26)27-22(3,4)5)16-9-11-19-17(12-16)23-20(28-19)15(2)24(6)7;1-11(20(6)7)15-19-13-10-12(8-9-14(13)23-15)18-21-16(2,3)17(4,5)22-18;1-11-5-7-14(18-10-11)13-6-8-16-15(9-13)19-17(21-16)12(2)20(3)4;1-8-5-6-9(21-22(18,19)12(13,14)15)16(7-8)10(17)20-11(2,3)4;1-7(14(2)3)11-13-9-6-8(12)4-5-10(9)15-11;7-4-1-2-6(9)5(8)3-4;1-4(5(7)8)6(2)3;;;/h9-12,14-15H,8,13H2,1-7H3;8-11H,1-7H3;6,8-9,11-12H,5,7,10H2,1-4H3;6,8H,5,7H2,1-4H3;4-7H,1-3H3;1-3,9H,8H2;4H,1-3H3,(H,7,8);;;/q;;;;;;;;+1;-1/t14-,15?;;11-,12?;8-;;;;;;/m0.00....../s1. The van der Waals surface area contributed by atoms with Crippen molar-refractivity contribution >= 4 is 197 Å². The predicted octanol–water partition coefficient (Wildman–Crippen LogP) is 18.6. The first-order chi connectivity index (χ1) is 58.2. The van der Waals surface area contributed by atoms with E-state index in [1.54, 1.807) is 104 Å². The summed E-state index contributed by atoms with van der Waals surface area (Å²) in [6.07, 6.45) is 5.59. The number of carboxylic acids is 1. The first-order valence-electron chi connectivity index (χ1n) is 41.6. The van der Waals surface area contributed by atoms with Gasteiger partial charge in [0, 0.05) is 58.9 Å². The van der Waals surface area contributed by atoms with E-state index in [0.29, 0.717) is 36.3 Å². The Kier molecular flexibility index (Phi) is 42.3. The van der Waals surface area contributed by atoms with E-state index >= 15 is 0 Å². The van der Waals surface area contributed by atoms with Crippen molar-refractivity contribution < 1.29 is 95.0 Å². The first kappa shape index (κ1) is 113. The van der Waals surface area contributed by atoms with Crippen LogP contribution >= 0.6 is 89.8 Å². The van der Waals surface area contributed by atoms with Gasteiger partial charge in [-0.25, -0.2) is 34.4 Å². The number of amides is 2. The molecule has 4 aliphatic heterocycles. The number of thiol groups is 1. The number of carboxylic acid groups (broad SMARTS) is 1. The van der Waals surface area contributed by atoms with E-state index in [9.17, 15) is 36.0 Å². The Labute approximate surface area is 820 Å². The smallest absolute Gasteiger partial charge is 1.00 e. The number of nitrogens with zero attached hydrogens (tertiary/aromatic N) is 12. The fourth-order valence-corrected chi connectivity index (χ4v) is 17.6. The van der Waals surface area contributed by atoms with E-state index in [0.717, 1.165) is 98.9 Å². The van der Waals surface area contributed by atoms with E-state index in [1.165, 1.54) is 46.5 Å². The van der Waals surface area contributed by atoms with Gasteiger partial charge in [0.15, 0.2) is 0 Å². The fraction of sp³-hybridized carbons (Fsp3) is 0.533. The van der Waals surface area contributed by atoms with Gasteiger partial charge in [0.25, 0.3) is 0 Å². The number of carbonyl (C=O) groups is 3. The summed E-state index contributed by atoms with van der Waals surface area (Å²) in [5.41, 5.74) is 8.28. The van der Waals surface area contributed by atoms with Crippen LogP contribution in [0, 0.1) is 17.8 Å². The van der Waals surface area contributed by atoms with Crippen LogP contribution in [0.4, 0.5) is 28.4 Å². The summed E-state index contributed by atoms with van der Waals surface area (Å²) in [6, 6.07) is 32.0. The van der Waals surface area contributed by atoms with Crippen LogP contribution in [0.5, 0.6) is 0 Å². The van der Waals surface area contributed by atoms with Crippen molar-refractivity contribution in [2.24, 2.45) is 22.7 Å². The molecule has 0 spiro atoms.